The average molecular weight is 347 g/mol. The van der Waals surface area contributed by atoms with E-state index in [9.17, 15) is 0 Å². The first-order valence-electron chi connectivity index (χ1n) is 9.03. The van der Waals surface area contributed by atoms with Gasteiger partial charge in [-0.05, 0) is 24.5 Å². The van der Waals surface area contributed by atoms with E-state index in [-0.39, 0.29) is 0 Å². The van der Waals surface area contributed by atoms with Crippen LogP contribution in [-0.2, 0) is 6.54 Å². The van der Waals surface area contributed by atoms with Crippen LogP contribution in [0.2, 0.25) is 0 Å². The Morgan fingerprint density at radius 3 is 2.31 bits per heavy atom. The smallest absolute Gasteiger partial charge is 0.163 e. The van der Waals surface area contributed by atoms with E-state index in [0.29, 0.717) is 18.3 Å². The third-order valence-electron chi connectivity index (χ3n) is 3.96. The minimum atomic E-state index is 0.623. The summed E-state index contributed by atoms with van der Waals surface area (Å²) in [5.41, 5.74) is 1.97. The second-order valence-electron chi connectivity index (χ2n) is 6.61. The van der Waals surface area contributed by atoms with Crippen LogP contribution in [0.25, 0.3) is 11.4 Å². The molecule has 3 rings (SSSR count). The van der Waals surface area contributed by atoms with Crippen LogP contribution in [0.1, 0.15) is 26.0 Å². The number of nitrogens with zero attached hydrogens (tertiary/aromatic N) is 3. The zero-order chi connectivity index (χ0) is 18.2. The molecule has 0 aliphatic rings. The van der Waals surface area contributed by atoms with Crippen molar-refractivity contribution in [2.45, 2.75) is 26.8 Å². The predicted molar refractivity (Wildman–Crippen MR) is 107 cm³/mol. The molecule has 0 radical (unpaired) electrons. The van der Waals surface area contributed by atoms with E-state index >= 15 is 0 Å². The highest BCUT2D eigenvalue weighted by Crippen LogP contribution is 2.20. The molecule has 0 aliphatic carbocycles. The maximum atomic E-state index is 4.68. The lowest BCUT2D eigenvalue weighted by Gasteiger charge is -2.12. The summed E-state index contributed by atoms with van der Waals surface area (Å²) < 4.78 is 0. The van der Waals surface area contributed by atoms with Gasteiger partial charge in [0.15, 0.2) is 5.82 Å². The summed E-state index contributed by atoms with van der Waals surface area (Å²) in [6.07, 6.45) is 2.90. The number of hydrogen-bond acceptors (Lipinski definition) is 5. The van der Waals surface area contributed by atoms with Crippen LogP contribution in [0, 0.1) is 5.92 Å². The van der Waals surface area contributed by atoms with Gasteiger partial charge in [0.25, 0.3) is 0 Å². The summed E-state index contributed by atoms with van der Waals surface area (Å²) in [5.74, 6) is 2.99. The van der Waals surface area contributed by atoms with E-state index in [2.05, 4.69) is 39.4 Å². The van der Waals surface area contributed by atoms with E-state index in [1.807, 2.05) is 54.6 Å². The van der Waals surface area contributed by atoms with E-state index in [4.69, 9.17) is 0 Å². The summed E-state index contributed by atoms with van der Waals surface area (Å²) >= 11 is 0. The SMILES string of the molecule is CC(C)CCNc1cc(NCc2ccccn2)nc(-c2ccccc2)n1. The highest BCUT2D eigenvalue weighted by Gasteiger charge is 2.07. The lowest BCUT2D eigenvalue weighted by Crippen LogP contribution is -2.09. The zero-order valence-electron chi connectivity index (χ0n) is 15.3. The van der Waals surface area contributed by atoms with E-state index in [1.165, 1.54) is 0 Å². The van der Waals surface area contributed by atoms with Gasteiger partial charge in [-0.2, -0.15) is 0 Å². The molecule has 0 atom stereocenters. The maximum Gasteiger partial charge on any atom is 0.163 e. The summed E-state index contributed by atoms with van der Waals surface area (Å²) in [6, 6.07) is 17.9. The topological polar surface area (TPSA) is 62.7 Å². The largest absolute Gasteiger partial charge is 0.370 e. The van der Waals surface area contributed by atoms with Crippen LogP contribution in [0.4, 0.5) is 11.6 Å². The lowest BCUT2D eigenvalue weighted by molar-refractivity contribution is 0.606. The van der Waals surface area contributed by atoms with Crippen molar-refractivity contribution >= 4 is 11.6 Å². The molecule has 0 spiro atoms. The van der Waals surface area contributed by atoms with Gasteiger partial charge in [-0.25, -0.2) is 9.97 Å². The van der Waals surface area contributed by atoms with E-state index in [1.54, 1.807) is 6.20 Å². The molecule has 2 aromatic heterocycles. The van der Waals surface area contributed by atoms with Crippen molar-refractivity contribution in [3.05, 3.63) is 66.5 Å². The molecule has 5 heteroatoms. The molecular weight excluding hydrogens is 322 g/mol. The van der Waals surface area contributed by atoms with Gasteiger partial charge in [0, 0.05) is 24.4 Å². The predicted octanol–water partition coefficient (Wildman–Crippen LogP) is 4.61. The number of anilines is 2. The Balaban J connectivity index is 1.80. The molecule has 0 saturated heterocycles. The zero-order valence-corrected chi connectivity index (χ0v) is 15.3. The first kappa shape index (κ1) is 17.9. The number of nitrogens with one attached hydrogen (secondary N) is 2. The minimum absolute atomic E-state index is 0.623. The van der Waals surface area contributed by atoms with Crippen molar-refractivity contribution in [1.82, 2.24) is 15.0 Å². The van der Waals surface area contributed by atoms with E-state index in [0.717, 1.165) is 35.9 Å². The molecule has 2 N–H and O–H groups in total. The standard InChI is InChI=1S/C21H25N5/c1-16(2)11-13-23-19-14-20(24-15-18-10-6-7-12-22-18)26-21(25-19)17-8-4-3-5-9-17/h3-10,12,14,16H,11,13,15H2,1-2H3,(H2,23,24,25,26). The molecule has 0 bridgehead atoms. The molecule has 2 heterocycles. The van der Waals surface area contributed by atoms with Gasteiger partial charge >= 0.3 is 0 Å². The van der Waals surface area contributed by atoms with E-state index < -0.39 is 0 Å². The fourth-order valence-corrected chi connectivity index (χ4v) is 2.52. The summed E-state index contributed by atoms with van der Waals surface area (Å²) in [5, 5.41) is 6.78. The summed E-state index contributed by atoms with van der Waals surface area (Å²) in [6.45, 7) is 5.95. The van der Waals surface area contributed by atoms with Gasteiger partial charge < -0.3 is 10.6 Å². The van der Waals surface area contributed by atoms with Gasteiger partial charge in [-0.1, -0.05) is 50.2 Å². The Kier molecular flexibility index (Phi) is 6.14. The van der Waals surface area contributed by atoms with Crippen LogP contribution in [0.3, 0.4) is 0 Å². The van der Waals surface area contributed by atoms with Gasteiger partial charge in [0.1, 0.15) is 11.6 Å². The number of aromatic nitrogens is 3. The van der Waals surface area contributed by atoms with Crippen molar-refractivity contribution in [2.75, 3.05) is 17.2 Å². The summed E-state index contributed by atoms with van der Waals surface area (Å²) in [4.78, 5) is 13.7. The molecule has 1 aromatic carbocycles. The van der Waals surface area contributed by atoms with Crippen molar-refractivity contribution in [2.24, 2.45) is 5.92 Å². The molecule has 0 unspecified atom stereocenters. The minimum Gasteiger partial charge on any atom is -0.370 e. The lowest BCUT2D eigenvalue weighted by atomic mass is 10.1. The first-order chi connectivity index (χ1) is 12.7. The third-order valence-corrected chi connectivity index (χ3v) is 3.96. The third kappa shape index (κ3) is 5.28. The van der Waals surface area contributed by atoms with Crippen LogP contribution >= 0.6 is 0 Å². The molecule has 0 fully saturated rings. The first-order valence-corrected chi connectivity index (χ1v) is 9.03. The molecule has 0 saturated carbocycles. The Bertz CT molecular complexity index is 803. The van der Waals surface area contributed by atoms with Crippen molar-refractivity contribution in [1.29, 1.82) is 0 Å². The van der Waals surface area contributed by atoms with Crippen LogP contribution in [0.15, 0.2) is 60.8 Å². The summed E-state index contributed by atoms with van der Waals surface area (Å²) in [7, 11) is 0. The van der Waals surface area contributed by atoms with Crippen molar-refractivity contribution in [3.63, 3.8) is 0 Å². The molecule has 0 aliphatic heterocycles. The fraction of sp³-hybridized carbons (Fsp3) is 0.286. The van der Waals surface area contributed by atoms with Crippen molar-refractivity contribution in [3.8, 4) is 11.4 Å². The molecule has 134 valence electrons. The molecule has 3 aromatic rings. The monoisotopic (exact) mass is 347 g/mol. The maximum absolute atomic E-state index is 4.68. The molecular formula is C21H25N5. The fourth-order valence-electron chi connectivity index (χ4n) is 2.52. The Hall–Kier alpha value is -2.95. The highest BCUT2D eigenvalue weighted by atomic mass is 15.1. The van der Waals surface area contributed by atoms with Gasteiger partial charge in [0.2, 0.25) is 0 Å². The van der Waals surface area contributed by atoms with Crippen LogP contribution in [0.5, 0.6) is 0 Å². The molecule has 0 amide bonds. The Labute approximate surface area is 154 Å². The second-order valence-corrected chi connectivity index (χ2v) is 6.61. The number of pyridine rings is 1. The average Bonchev–Trinajstić information content (AvgIpc) is 2.67. The molecule has 26 heavy (non-hydrogen) atoms. The second kappa shape index (κ2) is 8.94. The quantitative estimate of drug-likeness (QED) is 0.623. The number of rotatable bonds is 8. The van der Waals surface area contributed by atoms with Gasteiger partial charge in [-0.3, -0.25) is 4.98 Å². The van der Waals surface area contributed by atoms with Crippen LogP contribution in [-0.4, -0.2) is 21.5 Å². The number of hydrogen-bond donors (Lipinski definition) is 2. The van der Waals surface area contributed by atoms with Gasteiger partial charge in [-0.15, -0.1) is 0 Å². The van der Waals surface area contributed by atoms with Crippen molar-refractivity contribution < 1.29 is 0 Å². The van der Waals surface area contributed by atoms with Gasteiger partial charge in [0.05, 0.1) is 12.2 Å². The highest BCUT2D eigenvalue weighted by molar-refractivity contribution is 5.61. The Morgan fingerprint density at radius 1 is 0.885 bits per heavy atom. The Morgan fingerprint density at radius 2 is 1.62 bits per heavy atom. The van der Waals surface area contributed by atoms with Crippen LogP contribution < -0.4 is 10.6 Å². The normalized spacial score (nSPS) is 10.7. The molecule has 5 nitrogen and oxygen atoms in total. The number of benzene rings is 1.